The first kappa shape index (κ1) is 18.9. The number of ether oxygens (including phenoxy) is 4. The van der Waals surface area contributed by atoms with E-state index in [-0.39, 0.29) is 11.1 Å². The van der Waals surface area contributed by atoms with Crippen LogP contribution in [0.4, 0.5) is 0 Å². The molecular weight excluding hydrogens is 370 g/mol. The summed E-state index contributed by atoms with van der Waals surface area (Å²) in [6.45, 7) is 0.360. The molecule has 7 heteroatoms. The first-order chi connectivity index (χ1) is 13.2. The maximum absolute atomic E-state index is 6.10. The molecule has 27 heavy (non-hydrogen) atoms. The van der Waals surface area contributed by atoms with Crippen molar-refractivity contribution < 1.29 is 23.4 Å². The molecule has 0 unspecified atom stereocenters. The smallest absolute Gasteiger partial charge is 0.273 e. The number of nitrogens with zero attached hydrogens (tertiary/aromatic N) is 1. The predicted octanol–water partition coefficient (Wildman–Crippen LogP) is 4.64. The van der Waals surface area contributed by atoms with Crippen LogP contribution in [0.5, 0.6) is 23.1 Å². The van der Waals surface area contributed by atoms with Crippen molar-refractivity contribution >= 4 is 11.6 Å². The molecule has 0 aliphatic rings. The summed E-state index contributed by atoms with van der Waals surface area (Å²) in [6.07, 6.45) is 0.598. The van der Waals surface area contributed by atoms with Gasteiger partial charge in [-0.1, -0.05) is 18.2 Å². The summed E-state index contributed by atoms with van der Waals surface area (Å²) in [4.78, 5) is 4.32. The highest BCUT2D eigenvalue weighted by molar-refractivity contribution is 6.30. The first-order valence-corrected chi connectivity index (χ1v) is 8.67. The lowest BCUT2D eigenvalue weighted by molar-refractivity contribution is 0.306. The fraction of sp³-hybridized carbons (Fsp3) is 0.250. The number of benzene rings is 2. The zero-order valence-corrected chi connectivity index (χ0v) is 16.1. The number of methoxy groups -OCH3 is 3. The minimum absolute atomic E-state index is 0.124. The van der Waals surface area contributed by atoms with Crippen molar-refractivity contribution in [3.8, 4) is 34.6 Å². The second kappa shape index (κ2) is 8.68. The van der Waals surface area contributed by atoms with Crippen LogP contribution in [0.25, 0.3) is 11.5 Å². The molecule has 0 N–H and O–H groups in total. The normalized spacial score (nSPS) is 10.5. The first-order valence-electron chi connectivity index (χ1n) is 8.29. The largest absolute Gasteiger partial charge is 0.493 e. The fourth-order valence-electron chi connectivity index (χ4n) is 2.63. The van der Waals surface area contributed by atoms with Gasteiger partial charge < -0.3 is 23.4 Å². The van der Waals surface area contributed by atoms with Crippen LogP contribution in [0.1, 0.15) is 5.56 Å². The van der Waals surface area contributed by atoms with Crippen molar-refractivity contribution in [2.45, 2.75) is 6.42 Å². The number of oxazole rings is 1. The second-order valence-electron chi connectivity index (χ2n) is 5.60. The Morgan fingerprint density at radius 1 is 0.963 bits per heavy atom. The number of aromatic nitrogens is 1. The lowest BCUT2D eigenvalue weighted by Gasteiger charge is -2.14. The van der Waals surface area contributed by atoms with Crippen molar-refractivity contribution in [1.82, 2.24) is 4.98 Å². The quantitative estimate of drug-likeness (QED) is 0.559. The Hall–Kier alpha value is -2.86. The highest BCUT2D eigenvalue weighted by Gasteiger charge is 2.16. The van der Waals surface area contributed by atoms with E-state index in [0.29, 0.717) is 36.2 Å². The molecule has 0 aliphatic heterocycles. The molecule has 0 bridgehead atoms. The Morgan fingerprint density at radius 3 is 2.22 bits per heavy atom. The SMILES string of the molecule is COc1cc(CCOc2nc(-c3ccccc3)oc2Cl)cc(OC)c1OC. The van der Waals surface area contributed by atoms with Gasteiger partial charge in [-0.25, -0.2) is 0 Å². The Morgan fingerprint density at radius 2 is 1.63 bits per heavy atom. The molecule has 3 rings (SSSR count). The van der Waals surface area contributed by atoms with Crippen LogP contribution in [0.3, 0.4) is 0 Å². The van der Waals surface area contributed by atoms with Crippen LogP contribution >= 0.6 is 11.6 Å². The van der Waals surface area contributed by atoms with E-state index in [0.717, 1.165) is 11.1 Å². The van der Waals surface area contributed by atoms with E-state index in [1.54, 1.807) is 21.3 Å². The van der Waals surface area contributed by atoms with Crippen LogP contribution in [0.15, 0.2) is 46.9 Å². The number of halogens is 1. The number of rotatable bonds is 8. The van der Waals surface area contributed by atoms with E-state index in [9.17, 15) is 0 Å². The summed E-state index contributed by atoms with van der Waals surface area (Å²) in [5.74, 6) is 2.43. The van der Waals surface area contributed by atoms with Gasteiger partial charge in [0.05, 0.1) is 27.9 Å². The zero-order chi connectivity index (χ0) is 19.2. The van der Waals surface area contributed by atoms with Gasteiger partial charge in [0.15, 0.2) is 11.5 Å². The molecular formula is C20H20ClNO5. The van der Waals surface area contributed by atoms with Gasteiger partial charge in [0, 0.05) is 12.0 Å². The standard InChI is InChI=1S/C20H20ClNO5/c1-23-15-11-13(12-16(24-2)17(15)25-3)9-10-26-20-18(21)27-19(22-20)14-7-5-4-6-8-14/h4-8,11-12H,9-10H2,1-3H3. The summed E-state index contributed by atoms with van der Waals surface area (Å²) < 4.78 is 27.2. The van der Waals surface area contributed by atoms with Gasteiger partial charge in [-0.3, -0.25) is 0 Å². The molecule has 0 spiro atoms. The third kappa shape index (κ3) is 4.28. The molecule has 1 aromatic heterocycles. The Bertz CT molecular complexity index is 870. The fourth-order valence-corrected chi connectivity index (χ4v) is 2.80. The molecule has 0 fully saturated rings. The summed E-state index contributed by atoms with van der Waals surface area (Å²) in [5, 5.41) is 0.124. The molecule has 0 atom stereocenters. The van der Waals surface area contributed by atoms with Crippen molar-refractivity contribution in [2.75, 3.05) is 27.9 Å². The maximum Gasteiger partial charge on any atom is 0.273 e. The molecule has 0 radical (unpaired) electrons. The van der Waals surface area contributed by atoms with E-state index in [4.69, 9.17) is 35.0 Å². The molecule has 2 aromatic carbocycles. The highest BCUT2D eigenvalue weighted by atomic mass is 35.5. The summed E-state index contributed by atoms with van der Waals surface area (Å²) in [5.41, 5.74) is 1.80. The number of hydrogen-bond donors (Lipinski definition) is 0. The van der Waals surface area contributed by atoms with Crippen LogP contribution in [0.2, 0.25) is 5.22 Å². The van der Waals surface area contributed by atoms with E-state index < -0.39 is 0 Å². The third-order valence-electron chi connectivity index (χ3n) is 3.93. The van der Waals surface area contributed by atoms with Gasteiger partial charge in [0.1, 0.15) is 0 Å². The van der Waals surface area contributed by atoms with Crippen LogP contribution in [-0.2, 0) is 6.42 Å². The average Bonchev–Trinajstić information content (AvgIpc) is 3.08. The second-order valence-corrected chi connectivity index (χ2v) is 5.94. The van der Waals surface area contributed by atoms with Gasteiger partial charge in [-0.15, -0.1) is 0 Å². The third-order valence-corrected chi connectivity index (χ3v) is 4.17. The van der Waals surface area contributed by atoms with E-state index in [1.807, 2.05) is 42.5 Å². The van der Waals surface area contributed by atoms with E-state index in [1.165, 1.54) is 0 Å². The minimum atomic E-state index is 0.124. The molecule has 0 aliphatic carbocycles. The van der Waals surface area contributed by atoms with Gasteiger partial charge in [0.2, 0.25) is 11.6 Å². The van der Waals surface area contributed by atoms with Crippen molar-refractivity contribution in [3.05, 3.63) is 53.2 Å². The van der Waals surface area contributed by atoms with Gasteiger partial charge in [0.25, 0.3) is 11.1 Å². The summed E-state index contributed by atoms with van der Waals surface area (Å²) in [6, 6.07) is 13.3. The molecule has 0 saturated carbocycles. The van der Waals surface area contributed by atoms with Crippen molar-refractivity contribution in [1.29, 1.82) is 0 Å². The van der Waals surface area contributed by atoms with Crippen LogP contribution < -0.4 is 18.9 Å². The van der Waals surface area contributed by atoms with Crippen LogP contribution in [-0.4, -0.2) is 32.9 Å². The minimum Gasteiger partial charge on any atom is -0.493 e. The molecule has 1 heterocycles. The summed E-state index contributed by atoms with van der Waals surface area (Å²) in [7, 11) is 4.73. The van der Waals surface area contributed by atoms with Crippen LogP contribution in [0, 0.1) is 0 Å². The molecule has 6 nitrogen and oxygen atoms in total. The predicted molar refractivity (Wildman–Crippen MR) is 102 cm³/mol. The zero-order valence-electron chi connectivity index (χ0n) is 15.3. The van der Waals surface area contributed by atoms with Crippen molar-refractivity contribution in [3.63, 3.8) is 0 Å². The number of hydrogen-bond acceptors (Lipinski definition) is 6. The van der Waals surface area contributed by atoms with Crippen molar-refractivity contribution in [2.24, 2.45) is 0 Å². The Kier molecular flexibility index (Phi) is 6.08. The lowest BCUT2D eigenvalue weighted by Crippen LogP contribution is -2.03. The highest BCUT2D eigenvalue weighted by Crippen LogP contribution is 2.38. The Labute approximate surface area is 162 Å². The monoisotopic (exact) mass is 389 g/mol. The average molecular weight is 390 g/mol. The molecule has 142 valence electrons. The van der Waals surface area contributed by atoms with Gasteiger partial charge in [-0.2, -0.15) is 4.98 Å². The van der Waals surface area contributed by atoms with Gasteiger partial charge >= 0.3 is 0 Å². The molecule has 0 amide bonds. The topological polar surface area (TPSA) is 63.0 Å². The lowest BCUT2D eigenvalue weighted by atomic mass is 10.1. The molecule has 3 aromatic rings. The van der Waals surface area contributed by atoms with E-state index in [2.05, 4.69) is 4.98 Å². The molecule has 0 saturated heterocycles. The van der Waals surface area contributed by atoms with Gasteiger partial charge in [-0.05, 0) is 41.4 Å². The Balaban J connectivity index is 1.69. The van der Waals surface area contributed by atoms with E-state index >= 15 is 0 Å². The maximum atomic E-state index is 6.10. The summed E-state index contributed by atoms with van der Waals surface area (Å²) >= 11 is 6.10.